The van der Waals surface area contributed by atoms with E-state index in [-0.39, 0.29) is 16.8 Å². The van der Waals surface area contributed by atoms with Crippen LogP contribution < -0.4 is 4.90 Å². The lowest BCUT2D eigenvalue weighted by Crippen LogP contribution is -2.30. The Bertz CT molecular complexity index is 1280. The summed E-state index contributed by atoms with van der Waals surface area (Å²) in [6.07, 6.45) is 4.59. The van der Waals surface area contributed by atoms with Crippen molar-refractivity contribution in [2.45, 2.75) is 0 Å². The maximum atomic E-state index is 14.3. The van der Waals surface area contributed by atoms with E-state index in [0.29, 0.717) is 22.3 Å². The summed E-state index contributed by atoms with van der Waals surface area (Å²) in [7, 11) is 1.71. The third-order valence-corrected chi connectivity index (χ3v) is 4.73. The molecule has 5 rings (SSSR count). The number of carbonyl (C=O) groups excluding carboxylic acids is 2. The van der Waals surface area contributed by atoms with Gasteiger partial charge in [0.2, 0.25) is 0 Å². The minimum atomic E-state index is -0.653. The second kappa shape index (κ2) is 5.78. The number of nitrogens with zero attached hydrogens (tertiary/aromatic N) is 5. The summed E-state index contributed by atoms with van der Waals surface area (Å²) < 4.78 is 15.8. The first kappa shape index (κ1) is 16.2. The van der Waals surface area contributed by atoms with Gasteiger partial charge in [-0.05, 0) is 24.3 Å². The van der Waals surface area contributed by atoms with E-state index in [4.69, 9.17) is 0 Å². The molecule has 8 heteroatoms. The molecule has 28 heavy (non-hydrogen) atoms. The Morgan fingerprint density at radius 1 is 1.00 bits per heavy atom. The molecule has 1 aliphatic heterocycles. The van der Waals surface area contributed by atoms with Gasteiger partial charge in [0.05, 0.1) is 22.2 Å². The third kappa shape index (κ3) is 2.11. The highest BCUT2D eigenvalue weighted by molar-refractivity contribution is 6.38. The second-order valence-corrected chi connectivity index (χ2v) is 6.36. The smallest absolute Gasteiger partial charge is 0.267 e. The van der Waals surface area contributed by atoms with E-state index in [0.717, 1.165) is 4.90 Å². The summed E-state index contributed by atoms with van der Waals surface area (Å²) in [5, 5.41) is 4.92. The molecular weight excluding hydrogens is 361 g/mol. The van der Waals surface area contributed by atoms with Gasteiger partial charge < -0.3 is 0 Å². The van der Waals surface area contributed by atoms with Crippen LogP contribution in [0.1, 0.15) is 20.7 Å². The monoisotopic (exact) mass is 373 g/mol. The molecule has 0 radical (unpaired) electrons. The van der Waals surface area contributed by atoms with Gasteiger partial charge >= 0.3 is 0 Å². The standard InChI is InChI=1S/C20H12FN5O2/c1-25-18-16(17(24-25)11-5-4-8-22-9-11)15-12(10-23-18)19(27)26(20(15)28)14-7-3-2-6-13(14)21/h2-10H,1H3. The number of para-hydroxylation sites is 1. The fourth-order valence-corrected chi connectivity index (χ4v) is 3.48. The van der Waals surface area contributed by atoms with Gasteiger partial charge in [0.25, 0.3) is 11.8 Å². The third-order valence-electron chi connectivity index (χ3n) is 4.73. The molecule has 0 spiro atoms. The molecule has 1 aromatic carbocycles. The molecule has 0 fully saturated rings. The zero-order valence-electron chi connectivity index (χ0n) is 14.6. The van der Waals surface area contributed by atoms with Gasteiger partial charge in [0.15, 0.2) is 5.65 Å². The quantitative estimate of drug-likeness (QED) is 0.505. The first-order valence-corrected chi connectivity index (χ1v) is 8.47. The van der Waals surface area contributed by atoms with E-state index in [1.54, 1.807) is 36.3 Å². The average molecular weight is 373 g/mol. The van der Waals surface area contributed by atoms with Crippen LogP contribution in [0.15, 0.2) is 55.0 Å². The van der Waals surface area contributed by atoms with E-state index in [2.05, 4.69) is 15.1 Å². The van der Waals surface area contributed by atoms with E-state index >= 15 is 0 Å². The fraction of sp³-hybridized carbons (Fsp3) is 0.0500. The van der Waals surface area contributed by atoms with Crippen molar-refractivity contribution in [2.75, 3.05) is 4.90 Å². The average Bonchev–Trinajstić information content (AvgIpc) is 3.18. The lowest BCUT2D eigenvalue weighted by atomic mass is 10.0. The van der Waals surface area contributed by atoms with Crippen LogP contribution in [0, 0.1) is 5.82 Å². The molecule has 4 heterocycles. The zero-order chi connectivity index (χ0) is 19.4. The predicted molar refractivity (Wildman–Crippen MR) is 99.3 cm³/mol. The number of anilines is 1. The normalized spacial score (nSPS) is 13.4. The molecule has 0 saturated carbocycles. The molecule has 3 aromatic heterocycles. The number of carbonyl (C=O) groups is 2. The molecule has 1 aliphatic rings. The number of fused-ring (bicyclic) bond motifs is 3. The van der Waals surface area contributed by atoms with Crippen LogP contribution in [0.5, 0.6) is 0 Å². The molecule has 0 atom stereocenters. The molecule has 0 saturated heterocycles. The Hall–Kier alpha value is -3.94. The Morgan fingerprint density at radius 3 is 2.57 bits per heavy atom. The number of pyridine rings is 2. The Kier molecular flexibility index (Phi) is 3.35. The van der Waals surface area contributed by atoms with Crippen molar-refractivity contribution in [1.82, 2.24) is 19.7 Å². The molecule has 0 bridgehead atoms. The van der Waals surface area contributed by atoms with Gasteiger partial charge in [-0.2, -0.15) is 5.10 Å². The number of halogens is 1. The molecule has 0 unspecified atom stereocenters. The molecule has 0 N–H and O–H groups in total. The fourth-order valence-electron chi connectivity index (χ4n) is 3.48. The number of amides is 2. The lowest BCUT2D eigenvalue weighted by molar-refractivity contribution is 0.0925. The van der Waals surface area contributed by atoms with Crippen molar-refractivity contribution in [2.24, 2.45) is 7.05 Å². The van der Waals surface area contributed by atoms with Crippen molar-refractivity contribution in [3.8, 4) is 11.3 Å². The molecule has 0 aliphatic carbocycles. The SMILES string of the molecule is Cn1nc(-c2cccnc2)c2c3c(cnc21)C(=O)N(c1ccccc1F)C3=O. The predicted octanol–water partition coefficient (Wildman–Crippen LogP) is 2.97. The highest BCUT2D eigenvalue weighted by atomic mass is 19.1. The van der Waals surface area contributed by atoms with Gasteiger partial charge in [-0.1, -0.05) is 12.1 Å². The van der Waals surface area contributed by atoms with Crippen LogP contribution in [0.2, 0.25) is 0 Å². The van der Waals surface area contributed by atoms with Gasteiger partial charge in [0.1, 0.15) is 11.5 Å². The van der Waals surface area contributed by atoms with Crippen molar-refractivity contribution in [1.29, 1.82) is 0 Å². The Balaban J connectivity index is 1.80. The van der Waals surface area contributed by atoms with Crippen LogP contribution in [0.3, 0.4) is 0 Å². The molecular formula is C20H12FN5O2. The summed E-state index contributed by atoms with van der Waals surface area (Å²) in [5.74, 6) is -1.86. The number of aryl methyl sites for hydroxylation is 1. The van der Waals surface area contributed by atoms with E-state index in [1.807, 2.05) is 6.07 Å². The first-order valence-electron chi connectivity index (χ1n) is 8.47. The summed E-state index contributed by atoms with van der Waals surface area (Å²) >= 11 is 0. The van der Waals surface area contributed by atoms with E-state index < -0.39 is 17.6 Å². The molecule has 7 nitrogen and oxygen atoms in total. The lowest BCUT2D eigenvalue weighted by Gasteiger charge is -2.14. The van der Waals surface area contributed by atoms with Crippen LogP contribution in [-0.2, 0) is 7.05 Å². The van der Waals surface area contributed by atoms with Crippen molar-refractivity contribution in [3.05, 3.63) is 71.9 Å². The summed E-state index contributed by atoms with van der Waals surface area (Å²) in [6, 6.07) is 9.24. The van der Waals surface area contributed by atoms with Gasteiger partial charge in [-0.3, -0.25) is 14.6 Å². The highest BCUT2D eigenvalue weighted by Gasteiger charge is 2.41. The second-order valence-electron chi connectivity index (χ2n) is 6.36. The number of hydrogen-bond donors (Lipinski definition) is 0. The number of hydrogen-bond acceptors (Lipinski definition) is 5. The summed E-state index contributed by atoms with van der Waals surface area (Å²) in [6.45, 7) is 0. The van der Waals surface area contributed by atoms with Crippen molar-refractivity contribution < 1.29 is 14.0 Å². The first-order chi connectivity index (χ1) is 13.6. The summed E-state index contributed by atoms with van der Waals surface area (Å²) in [5.41, 5.74) is 1.84. The minimum absolute atomic E-state index is 0.0892. The van der Waals surface area contributed by atoms with E-state index in [1.165, 1.54) is 24.4 Å². The zero-order valence-corrected chi connectivity index (χ0v) is 14.6. The largest absolute Gasteiger partial charge is 0.268 e. The van der Waals surface area contributed by atoms with Crippen molar-refractivity contribution >= 4 is 28.5 Å². The topological polar surface area (TPSA) is 81.0 Å². The van der Waals surface area contributed by atoms with Gasteiger partial charge in [0, 0.05) is 31.2 Å². The maximum Gasteiger partial charge on any atom is 0.267 e. The number of rotatable bonds is 2. The highest BCUT2D eigenvalue weighted by Crippen LogP contribution is 2.37. The van der Waals surface area contributed by atoms with Crippen molar-refractivity contribution in [3.63, 3.8) is 0 Å². The van der Waals surface area contributed by atoms with Crippen LogP contribution in [0.4, 0.5) is 10.1 Å². The molecule has 136 valence electrons. The molecule has 2 amide bonds. The van der Waals surface area contributed by atoms with Gasteiger partial charge in [-0.15, -0.1) is 0 Å². The Morgan fingerprint density at radius 2 is 1.82 bits per heavy atom. The summed E-state index contributed by atoms with van der Waals surface area (Å²) in [4.78, 5) is 35.4. The Labute approximate surface area is 158 Å². The maximum absolute atomic E-state index is 14.3. The number of aromatic nitrogens is 4. The van der Waals surface area contributed by atoms with E-state index in [9.17, 15) is 14.0 Å². The minimum Gasteiger partial charge on any atom is -0.268 e. The molecule has 4 aromatic rings. The van der Waals surface area contributed by atoms with Gasteiger partial charge in [-0.25, -0.2) is 19.0 Å². The number of imide groups is 1. The van der Waals surface area contributed by atoms with Crippen LogP contribution >= 0.6 is 0 Å². The van der Waals surface area contributed by atoms with Crippen LogP contribution in [-0.4, -0.2) is 31.6 Å². The van der Waals surface area contributed by atoms with Crippen LogP contribution in [0.25, 0.3) is 22.3 Å². The number of benzene rings is 1.